The fraction of sp³-hybridized carbons (Fsp3) is 0.889. The van der Waals surface area contributed by atoms with Gasteiger partial charge in [0, 0.05) is 19.1 Å². The van der Waals surface area contributed by atoms with Crippen LogP contribution < -0.4 is 0 Å². The minimum atomic E-state index is -0.204. The molecule has 0 saturated carbocycles. The molecule has 0 amide bonds. The second-order valence-electron chi connectivity index (χ2n) is 3.47. The van der Waals surface area contributed by atoms with Gasteiger partial charge in [-0.05, 0) is 13.8 Å². The second-order valence-corrected chi connectivity index (χ2v) is 3.47. The van der Waals surface area contributed by atoms with Crippen LogP contribution in [0.25, 0.3) is 0 Å². The summed E-state index contributed by atoms with van der Waals surface area (Å²) in [5, 5.41) is 9.05. The highest BCUT2D eigenvalue weighted by atomic mass is 16.5. The molecule has 4 heteroatoms. The SMILES string of the molecule is CCOC(=O)CC(C)N1CC(O)C1. The van der Waals surface area contributed by atoms with E-state index in [0.717, 1.165) is 0 Å². The zero-order valence-electron chi connectivity index (χ0n) is 8.19. The standard InChI is InChI=1S/C9H17NO3/c1-3-13-9(12)4-7(2)10-5-8(11)6-10/h7-8,11H,3-6H2,1-2H3. The fourth-order valence-electron chi connectivity index (χ4n) is 1.44. The summed E-state index contributed by atoms with van der Waals surface area (Å²) in [5.74, 6) is -0.156. The highest BCUT2D eigenvalue weighted by Crippen LogP contribution is 2.14. The summed E-state index contributed by atoms with van der Waals surface area (Å²) in [6.45, 7) is 5.58. The number of likely N-dealkylation sites (tertiary alicyclic amines) is 1. The predicted octanol–water partition coefficient (Wildman–Crippen LogP) is 0.00460. The monoisotopic (exact) mass is 187 g/mol. The van der Waals surface area contributed by atoms with Crippen LogP contribution in [0.3, 0.4) is 0 Å². The second kappa shape index (κ2) is 4.58. The van der Waals surface area contributed by atoms with E-state index in [1.54, 1.807) is 6.92 Å². The van der Waals surface area contributed by atoms with Gasteiger partial charge in [0.25, 0.3) is 0 Å². The first kappa shape index (κ1) is 10.5. The summed E-state index contributed by atoms with van der Waals surface area (Å²) >= 11 is 0. The van der Waals surface area contributed by atoms with E-state index in [1.165, 1.54) is 0 Å². The van der Waals surface area contributed by atoms with Crippen molar-refractivity contribution in [3.63, 3.8) is 0 Å². The Morgan fingerprint density at radius 2 is 2.31 bits per heavy atom. The number of esters is 1. The van der Waals surface area contributed by atoms with Crippen LogP contribution in [0.2, 0.25) is 0 Å². The largest absolute Gasteiger partial charge is 0.466 e. The van der Waals surface area contributed by atoms with Gasteiger partial charge in [-0.25, -0.2) is 0 Å². The Hall–Kier alpha value is -0.610. The van der Waals surface area contributed by atoms with Crippen molar-refractivity contribution in [1.82, 2.24) is 4.90 Å². The van der Waals surface area contributed by atoms with Crippen LogP contribution in [-0.2, 0) is 9.53 Å². The first-order valence-corrected chi connectivity index (χ1v) is 4.71. The number of ether oxygens (including phenoxy) is 1. The molecule has 1 saturated heterocycles. The molecular weight excluding hydrogens is 170 g/mol. The number of rotatable bonds is 4. The van der Waals surface area contributed by atoms with E-state index in [-0.39, 0.29) is 18.1 Å². The smallest absolute Gasteiger partial charge is 0.307 e. The van der Waals surface area contributed by atoms with E-state index in [9.17, 15) is 4.79 Å². The third-order valence-corrected chi connectivity index (χ3v) is 2.28. The first-order valence-electron chi connectivity index (χ1n) is 4.71. The van der Waals surface area contributed by atoms with E-state index in [2.05, 4.69) is 4.90 Å². The van der Waals surface area contributed by atoms with E-state index >= 15 is 0 Å². The Balaban J connectivity index is 2.17. The molecule has 1 unspecified atom stereocenters. The molecule has 0 aliphatic carbocycles. The lowest BCUT2D eigenvalue weighted by atomic mass is 10.1. The summed E-state index contributed by atoms with van der Waals surface area (Å²) in [4.78, 5) is 13.1. The van der Waals surface area contributed by atoms with Crippen molar-refractivity contribution in [3.8, 4) is 0 Å². The average molecular weight is 187 g/mol. The Morgan fingerprint density at radius 1 is 1.69 bits per heavy atom. The molecule has 4 nitrogen and oxygen atoms in total. The topological polar surface area (TPSA) is 49.8 Å². The first-order chi connectivity index (χ1) is 6.13. The fourth-order valence-corrected chi connectivity index (χ4v) is 1.44. The lowest BCUT2D eigenvalue weighted by Gasteiger charge is -2.40. The normalized spacial score (nSPS) is 20.8. The third-order valence-electron chi connectivity index (χ3n) is 2.28. The molecule has 0 aromatic carbocycles. The number of hydrogen-bond donors (Lipinski definition) is 1. The quantitative estimate of drug-likeness (QED) is 0.630. The number of hydrogen-bond acceptors (Lipinski definition) is 4. The summed E-state index contributed by atoms with van der Waals surface area (Å²) < 4.78 is 4.83. The summed E-state index contributed by atoms with van der Waals surface area (Å²) in [5.41, 5.74) is 0. The van der Waals surface area contributed by atoms with Gasteiger partial charge < -0.3 is 9.84 Å². The predicted molar refractivity (Wildman–Crippen MR) is 48.3 cm³/mol. The Labute approximate surface area is 78.5 Å². The van der Waals surface area contributed by atoms with Crippen molar-refractivity contribution >= 4 is 5.97 Å². The van der Waals surface area contributed by atoms with E-state index in [4.69, 9.17) is 9.84 Å². The van der Waals surface area contributed by atoms with E-state index in [0.29, 0.717) is 26.1 Å². The maximum absolute atomic E-state index is 11.1. The van der Waals surface area contributed by atoms with Gasteiger partial charge in [0.15, 0.2) is 0 Å². The molecule has 0 bridgehead atoms. The zero-order chi connectivity index (χ0) is 9.84. The van der Waals surface area contributed by atoms with Gasteiger partial charge in [-0.1, -0.05) is 0 Å². The molecule has 1 atom stereocenters. The maximum Gasteiger partial charge on any atom is 0.307 e. The Kier molecular flexibility index (Phi) is 3.69. The van der Waals surface area contributed by atoms with Crippen molar-refractivity contribution in [1.29, 1.82) is 0 Å². The number of nitrogens with zero attached hydrogens (tertiary/aromatic N) is 1. The van der Waals surface area contributed by atoms with Crippen LogP contribution in [0.1, 0.15) is 20.3 Å². The molecule has 0 aromatic rings. The number of aliphatic hydroxyl groups excluding tert-OH is 1. The molecule has 13 heavy (non-hydrogen) atoms. The van der Waals surface area contributed by atoms with Crippen molar-refractivity contribution in [2.75, 3.05) is 19.7 Å². The maximum atomic E-state index is 11.1. The molecule has 1 aliphatic heterocycles. The van der Waals surface area contributed by atoms with Crippen LogP contribution in [0.4, 0.5) is 0 Å². The number of carbonyl (C=O) groups is 1. The highest BCUT2D eigenvalue weighted by molar-refractivity contribution is 5.70. The van der Waals surface area contributed by atoms with E-state index in [1.807, 2.05) is 6.92 Å². The van der Waals surface area contributed by atoms with Gasteiger partial charge in [-0.3, -0.25) is 9.69 Å². The molecule has 1 fully saturated rings. The Morgan fingerprint density at radius 3 is 2.77 bits per heavy atom. The molecule has 1 aliphatic rings. The Bertz CT molecular complexity index is 178. The van der Waals surface area contributed by atoms with Crippen LogP contribution in [-0.4, -0.2) is 47.8 Å². The third kappa shape index (κ3) is 2.97. The van der Waals surface area contributed by atoms with Gasteiger partial charge in [0.2, 0.25) is 0 Å². The van der Waals surface area contributed by atoms with Crippen LogP contribution in [0.15, 0.2) is 0 Å². The summed E-state index contributed by atoms with van der Waals surface area (Å²) in [6, 6.07) is 0.183. The molecule has 1 rings (SSSR count). The van der Waals surface area contributed by atoms with Crippen LogP contribution in [0.5, 0.6) is 0 Å². The number of aliphatic hydroxyl groups is 1. The molecule has 0 aromatic heterocycles. The van der Waals surface area contributed by atoms with Gasteiger partial charge in [-0.2, -0.15) is 0 Å². The minimum absolute atomic E-state index is 0.156. The molecule has 1 heterocycles. The number of β-amino-alcohol motifs (C(OH)–C–C–N with tert-alkyl or cyclic N) is 1. The molecule has 0 radical (unpaired) electrons. The van der Waals surface area contributed by atoms with Gasteiger partial charge in [0.05, 0.1) is 19.1 Å². The highest BCUT2D eigenvalue weighted by Gasteiger charge is 2.29. The van der Waals surface area contributed by atoms with Crippen molar-refractivity contribution < 1.29 is 14.6 Å². The van der Waals surface area contributed by atoms with Crippen molar-refractivity contribution in [2.45, 2.75) is 32.4 Å². The average Bonchev–Trinajstić information content (AvgIpc) is 1.99. The van der Waals surface area contributed by atoms with Gasteiger partial charge in [-0.15, -0.1) is 0 Å². The molecule has 0 spiro atoms. The van der Waals surface area contributed by atoms with Gasteiger partial charge in [0.1, 0.15) is 0 Å². The van der Waals surface area contributed by atoms with E-state index < -0.39 is 0 Å². The number of carbonyl (C=O) groups excluding carboxylic acids is 1. The molecular formula is C9H17NO3. The lowest BCUT2D eigenvalue weighted by molar-refractivity contribution is -0.145. The zero-order valence-corrected chi connectivity index (χ0v) is 8.19. The lowest BCUT2D eigenvalue weighted by Crippen LogP contribution is -2.54. The van der Waals surface area contributed by atoms with Crippen LogP contribution in [0, 0.1) is 0 Å². The minimum Gasteiger partial charge on any atom is -0.466 e. The molecule has 1 N–H and O–H groups in total. The van der Waals surface area contributed by atoms with Crippen molar-refractivity contribution in [3.05, 3.63) is 0 Å². The van der Waals surface area contributed by atoms with Gasteiger partial charge >= 0.3 is 5.97 Å². The molecule has 76 valence electrons. The summed E-state index contributed by atoms with van der Waals surface area (Å²) in [7, 11) is 0. The van der Waals surface area contributed by atoms with Crippen molar-refractivity contribution in [2.24, 2.45) is 0 Å². The van der Waals surface area contributed by atoms with Crippen LogP contribution >= 0.6 is 0 Å². The summed E-state index contributed by atoms with van der Waals surface area (Å²) in [6.07, 6.45) is 0.213.